The van der Waals surface area contributed by atoms with Gasteiger partial charge in [-0.1, -0.05) is 18.2 Å². The van der Waals surface area contributed by atoms with E-state index >= 15 is 0 Å². The minimum absolute atomic E-state index is 0.546. The van der Waals surface area contributed by atoms with Gasteiger partial charge in [0.1, 0.15) is 11.7 Å². The minimum Gasteiger partial charge on any atom is -0.480 e. The lowest BCUT2D eigenvalue weighted by Crippen LogP contribution is -2.41. The van der Waals surface area contributed by atoms with Crippen molar-refractivity contribution >= 4 is 11.7 Å². The molecule has 4 nitrogen and oxygen atoms in total. The van der Waals surface area contributed by atoms with Crippen LogP contribution in [0.2, 0.25) is 0 Å². The quantitative estimate of drug-likeness (QED) is 0.574. The fourth-order valence-electron chi connectivity index (χ4n) is 1.96. The van der Waals surface area contributed by atoms with Crippen LogP contribution in [0.3, 0.4) is 0 Å². The van der Waals surface area contributed by atoms with E-state index < -0.39 is 12.0 Å². The van der Waals surface area contributed by atoms with Gasteiger partial charge in [0.2, 0.25) is 0 Å². The number of para-hydroxylation sites is 1. The Morgan fingerprint density at radius 1 is 1.28 bits per heavy atom. The van der Waals surface area contributed by atoms with E-state index in [0.717, 1.165) is 23.9 Å². The zero-order chi connectivity index (χ0) is 13.6. The predicted octanol–water partition coefficient (Wildman–Crippen LogP) is 1.84. The van der Waals surface area contributed by atoms with Crippen molar-refractivity contribution in [2.75, 3.05) is 20.6 Å². The van der Waals surface area contributed by atoms with Gasteiger partial charge in [-0.05, 0) is 31.4 Å². The maximum Gasteiger partial charge on any atom is 0.320 e. The molecule has 0 saturated carbocycles. The topological polar surface area (TPSA) is 63.3 Å². The third kappa shape index (κ3) is 4.47. The van der Waals surface area contributed by atoms with Gasteiger partial charge in [-0.25, -0.2) is 0 Å². The first-order valence-electron chi connectivity index (χ1n) is 6.30. The lowest BCUT2D eigenvalue weighted by molar-refractivity contribution is -0.138. The molecule has 18 heavy (non-hydrogen) atoms. The van der Waals surface area contributed by atoms with Crippen molar-refractivity contribution in [1.82, 2.24) is 4.48 Å². The highest BCUT2D eigenvalue weighted by Crippen LogP contribution is 2.19. The van der Waals surface area contributed by atoms with Crippen LogP contribution in [-0.2, 0) is 4.79 Å². The van der Waals surface area contributed by atoms with Crippen molar-refractivity contribution < 1.29 is 9.90 Å². The third-order valence-electron chi connectivity index (χ3n) is 3.25. The largest absolute Gasteiger partial charge is 0.480 e. The van der Waals surface area contributed by atoms with Crippen LogP contribution < -0.4 is 10.2 Å². The Bertz CT molecular complexity index is 377. The maximum absolute atomic E-state index is 10.6. The summed E-state index contributed by atoms with van der Waals surface area (Å²) in [5.41, 5.74) is 6.74. The Morgan fingerprint density at radius 2 is 1.89 bits per heavy atom. The van der Waals surface area contributed by atoms with Crippen LogP contribution in [0.25, 0.3) is 0 Å². The summed E-state index contributed by atoms with van der Waals surface area (Å²) in [7, 11) is 4.32. The molecule has 0 aromatic heterocycles. The number of nitrogens with two attached hydrogens (primary N) is 1. The normalized spacial score (nSPS) is 13.3. The average molecular weight is 251 g/mol. The van der Waals surface area contributed by atoms with Crippen LogP contribution in [0.1, 0.15) is 19.3 Å². The molecule has 0 amide bonds. The summed E-state index contributed by atoms with van der Waals surface area (Å²) >= 11 is 0. The second-order valence-electron chi connectivity index (χ2n) is 5.18. The van der Waals surface area contributed by atoms with Gasteiger partial charge in [0.05, 0.1) is 20.6 Å². The number of carboxylic acids is 1. The zero-order valence-electron chi connectivity index (χ0n) is 11.2. The average Bonchev–Trinajstić information content (AvgIpc) is 2.35. The molecule has 0 radical (unpaired) electrons. The lowest BCUT2D eigenvalue weighted by atomic mass is 10.1. The number of hydrogen-bond donors (Lipinski definition) is 2. The summed E-state index contributed by atoms with van der Waals surface area (Å²) in [6.45, 7) is 0.982. The van der Waals surface area contributed by atoms with Crippen LogP contribution >= 0.6 is 0 Å². The Balaban J connectivity index is 2.37. The highest BCUT2D eigenvalue weighted by Gasteiger charge is 2.18. The molecule has 100 valence electrons. The van der Waals surface area contributed by atoms with Crippen LogP contribution in [-0.4, -0.2) is 37.8 Å². The van der Waals surface area contributed by atoms with Crippen LogP contribution in [0.5, 0.6) is 0 Å². The standard InChI is InChI=1S/C14H22N2O2/c1-16(2,12-8-4-3-5-9-12)11-7-6-10-13(15)14(17)18/h3-5,8-9,13H,6-7,10-11,15H2,1-2H3/p+1/t13-/m0/s1. The molecular formula is C14H23N2O2+. The number of aliphatic carboxylic acids is 1. The second kappa shape index (κ2) is 6.52. The van der Waals surface area contributed by atoms with Crippen molar-refractivity contribution in [1.29, 1.82) is 0 Å². The predicted molar refractivity (Wildman–Crippen MR) is 74.4 cm³/mol. The number of unbranched alkanes of at least 4 members (excludes halogenated alkanes) is 1. The molecule has 0 spiro atoms. The van der Waals surface area contributed by atoms with Crippen molar-refractivity contribution in [3.05, 3.63) is 30.3 Å². The van der Waals surface area contributed by atoms with Gasteiger partial charge in [0, 0.05) is 0 Å². The fraction of sp³-hybridized carbons (Fsp3) is 0.500. The molecule has 0 bridgehead atoms. The van der Waals surface area contributed by atoms with E-state index in [9.17, 15) is 4.79 Å². The van der Waals surface area contributed by atoms with Gasteiger partial charge in [-0.15, -0.1) is 0 Å². The molecule has 0 fully saturated rings. The summed E-state index contributed by atoms with van der Waals surface area (Å²) in [6.07, 6.45) is 2.37. The summed E-state index contributed by atoms with van der Waals surface area (Å²) in [5.74, 6) is -0.910. The first-order valence-corrected chi connectivity index (χ1v) is 6.30. The van der Waals surface area contributed by atoms with Crippen molar-refractivity contribution in [2.24, 2.45) is 5.73 Å². The monoisotopic (exact) mass is 251 g/mol. The Kier molecular flexibility index (Phi) is 5.31. The van der Waals surface area contributed by atoms with Gasteiger partial charge in [0.25, 0.3) is 0 Å². The number of benzene rings is 1. The number of hydrogen-bond acceptors (Lipinski definition) is 2. The van der Waals surface area contributed by atoms with Crippen LogP contribution in [0.15, 0.2) is 30.3 Å². The summed E-state index contributed by atoms with van der Waals surface area (Å²) < 4.78 is 0.809. The Morgan fingerprint density at radius 3 is 2.44 bits per heavy atom. The van der Waals surface area contributed by atoms with E-state index in [4.69, 9.17) is 10.8 Å². The SMILES string of the molecule is C[N+](C)(CCCC[C@H](N)C(=O)O)c1ccccc1. The molecule has 0 saturated heterocycles. The van der Waals surface area contributed by atoms with Gasteiger partial charge in [0.15, 0.2) is 0 Å². The smallest absolute Gasteiger partial charge is 0.320 e. The molecule has 0 aliphatic carbocycles. The Labute approximate surface area is 109 Å². The molecule has 0 aliphatic heterocycles. The number of carboxylic acid groups (broad SMARTS) is 1. The van der Waals surface area contributed by atoms with E-state index in [1.165, 1.54) is 5.69 Å². The number of rotatable bonds is 7. The van der Waals surface area contributed by atoms with Gasteiger partial charge >= 0.3 is 5.97 Å². The van der Waals surface area contributed by atoms with Crippen LogP contribution in [0.4, 0.5) is 5.69 Å². The first kappa shape index (κ1) is 14.7. The molecule has 3 N–H and O–H groups in total. The Hall–Kier alpha value is -1.39. The van der Waals surface area contributed by atoms with Crippen LogP contribution in [0, 0.1) is 0 Å². The van der Waals surface area contributed by atoms with Crippen molar-refractivity contribution in [3.63, 3.8) is 0 Å². The van der Waals surface area contributed by atoms with Gasteiger partial charge < -0.3 is 10.8 Å². The molecule has 0 heterocycles. The van der Waals surface area contributed by atoms with Crippen molar-refractivity contribution in [3.8, 4) is 0 Å². The van der Waals surface area contributed by atoms with Gasteiger partial charge in [-0.2, -0.15) is 0 Å². The first-order chi connectivity index (χ1) is 8.43. The number of carbonyl (C=O) groups is 1. The summed E-state index contributed by atoms with van der Waals surface area (Å²) in [4.78, 5) is 10.6. The zero-order valence-corrected chi connectivity index (χ0v) is 11.2. The lowest BCUT2D eigenvalue weighted by Gasteiger charge is -2.29. The second-order valence-corrected chi connectivity index (χ2v) is 5.18. The molecule has 0 unspecified atom stereocenters. The molecule has 1 rings (SSSR count). The van der Waals surface area contributed by atoms with E-state index in [2.05, 4.69) is 26.2 Å². The highest BCUT2D eigenvalue weighted by atomic mass is 16.4. The molecule has 0 aliphatic rings. The van der Waals surface area contributed by atoms with E-state index in [0.29, 0.717) is 6.42 Å². The molecule has 1 atom stereocenters. The van der Waals surface area contributed by atoms with Gasteiger partial charge in [-0.3, -0.25) is 9.28 Å². The van der Waals surface area contributed by atoms with E-state index in [1.54, 1.807) is 0 Å². The minimum atomic E-state index is -0.910. The maximum atomic E-state index is 10.6. The summed E-state index contributed by atoms with van der Waals surface area (Å²) in [6, 6.07) is 9.59. The third-order valence-corrected chi connectivity index (χ3v) is 3.25. The van der Waals surface area contributed by atoms with E-state index in [1.807, 2.05) is 18.2 Å². The fourth-order valence-corrected chi connectivity index (χ4v) is 1.96. The molecule has 4 heteroatoms. The van der Waals surface area contributed by atoms with E-state index in [-0.39, 0.29) is 0 Å². The molecule has 1 aromatic carbocycles. The highest BCUT2D eigenvalue weighted by molar-refractivity contribution is 5.72. The molecule has 1 aromatic rings. The summed E-state index contributed by atoms with van der Waals surface area (Å²) in [5, 5.41) is 8.69. The van der Waals surface area contributed by atoms with Crippen molar-refractivity contribution in [2.45, 2.75) is 25.3 Å². The number of quaternary nitrogens is 1. The molecular weight excluding hydrogens is 228 g/mol. The number of nitrogens with zero attached hydrogens (tertiary/aromatic N) is 1.